The zero-order valence-corrected chi connectivity index (χ0v) is 26.7. The lowest BCUT2D eigenvalue weighted by atomic mass is 9.95. The number of fused-ring (bicyclic) bond motifs is 5. The lowest BCUT2D eigenvalue weighted by molar-refractivity contribution is -0.0123. The first-order valence-corrected chi connectivity index (χ1v) is 16.9. The summed E-state index contributed by atoms with van der Waals surface area (Å²) in [5.74, 6) is 0.133. The highest BCUT2D eigenvalue weighted by Crippen LogP contribution is 2.47. The molecule has 238 valence electrons. The molecule has 0 aliphatic carbocycles. The van der Waals surface area contributed by atoms with E-state index < -0.39 is 17.6 Å². The van der Waals surface area contributed by atoms with Gasteiger partial charge in [0.2, 0.25) is 0 Å². The van der Waals surface area contributed by atoms with E-state index in [2.05, 4.69) is 16.0 Å². The van der Waals surface area contributed by atoms with Gasteiger partial charge < -0.3 is 25.2 Å². The normalized spacial score (nSPS) is 25.4. The molecular weight excluding hydrogens is 633 g/mol. The highest BCUT2D eigenvalue weighted by Gasteiger charge is 2.49. The van der Waals surface area contributed by atoms with Crippen molar-refractivity contribution in [3.05, 3.63) is 35.9 Å². The molecule has 3 N–H and O–H groups in total. The maximum Gasteiger partial charge on any atom is 0.319 e. The summed E-state index contributed by atoms with van der Waals surface area (Å²) in [5.41, 5.74) is 6.23. The number of β-amino-alcohol motifs (C(OH)–C–C–N with tert-alkyl or cyclic N) is 1. The fourth-order valence-corrected chi connectivity index (χ4v) is 9.50. The van der Waals surface area contributed by atoms with Crippen molar-refractivity contribution >= 4 is 63.9 Å². The quantitative estimate of drug-likeness (QED) is 0.257. The van der Waals surface area contributed by atoms with Crippen LogP contribution in [-0.2, 0) is 4.74 Å². The Morgan fingerprint density at radius 2 is 2.07 bits per heavy atom. The van der Waals surface area contributed by atoms with Crippen molar-refractivity contribution in [1.29, 1.82) is 5.26 Å². The minimum absolute atomic E-state index is 0.179. The van der Waals surface area contributed by atoms with E-state index in [0.717, 1.165) is 46.2 Å². The second kappa shape index (κ2) is 10.9. The molecule has 7 heterocycles. The fourth-order valence-electron chi connectivity index (χ4n) is 7.39. The van der Waals surface area contributed by atoms with E-state index in [4.69, 9.17) is 25.2 Å². The number of hydrogen-bond donors (Lipinski definition) is 2. The van der Waals surface area contributed by atoms with Gasteiger partial charge in [-0.05, 0) is 37.9 Å². The molecule has 5 aromatic rings. The Kier molecular flexibility index (Phi) is 7.04. The van der Waals surface area contributed by atoms with Crippen molar-refractivity contribution in [2.45, 2.75) is 43.5 Å². The number of ether oxygens (including phenoxy) is 2. The summed E-state index contributed by atoms with van der Waals surface area (Å²) in [6.07, 6.45) is 4.85. The van der Waals surface area contributed by atoms with E-state index in [-0.39, 0.29) is 41.9 Å². The summed E-state index contributed by atoms with van der Waals surface area (Å²) < 4.78 is 42.6. The highest BCUT2D eigenvalue weighted by molar-refractivity contribution is 7.26. The number of benzene rings is 1. The van der Waals surface area contributed by atoms with Crippen molar-refractivity contribution in [1.82, 2.24) is 19.9 Å². The summed E-state index contributed by atoms with van der Waals surface area (Å²) in [7, 11) is 0. The van der Waals surface area contributed by atoms with Crippen LogP contribution in [0.2, 0.25) is 0 Å². The smallest absolute Gasteiger partial charge is 0.319 e. The van der Waals surface area contributed by atoms with Gasteiger partial charge in [0.05, 0.1) is 40.9 Å². The molecule has 0 amide bonds. The number of thiophene rings is 2. The predicted octanol–water partition coefficient (Wildman–Crippen LogP) is 5.26. The second-order valence-electron chi connectivity index (χ2n) is 12.8. The Bertz CT molecular complexity index is 2060. The molecule has 3 saturated heterocycles. The zero-order valence-electron chi connectivity index (χ0n) is 25.1. The van der Waals surface area contributed by atoms with E-state index in [0.29, 0.717) is 58.0 Å². The first-order chi connectivity index (χ1) is 22.2. The molecule has 3 atom stereocenters. The molecule has 46 heavy (non-hydrogen) atoms. The Hall–Kier alpha value is -3.74. The van der Waals surface area contributed by atoms with Gasteiger partial charge in [-0.15, -0.1) is 22.7 Å². The third-order valence-electron chi connectivity index (χ3n) is 9.40. The monoisotopic (exact) mass is 663 g/mol. The molecule has 10 nitrogen and oxygen atoms in total. The van der Waals surface area contributed by atoms with Gasteiger partial charge in [0.15, 0.2) is 0 Å². The van der Waals surface area contributed by atoms with Crippen molar-refractivity contribution in [3.8, 4) is 23.2 Å². The number of nitrogens with zero attached hydrogens (tertiary/aromatic N) is 6. The van der Waals surface area contributed by atoms with Gasteiger partial charge in [-0.25, -0.2) is 8.78 Å². The molecule has 0 unspecified atom stereocenters. The Balaban J connectivity index is 1.31. The van der Waals surface area contributed by atoms with Gasteiger partial charge in [-0.1, -0.05) is 6.07 Å². The third kappa shape index (κ3) is 4.75. The lowest BCUT2D eigenvalue weighted by Gasteiger charge is -2.31. The minimum Gasteiger partial charge on any atom is -0.461 e. The average molecular weight is 664 g/mol. The van der Waals surface area contributed by atoms with Gasteiger partial charge >= 0.3 is 6.01 Å². The molecule has 0 saturated carbocycles. The first-order valence-electron chi connectivity index (χ1n) is 15.2. The summed E-state index contributed by atoms with van der Waals surface area (Å²) in [6.45, 7) is 4.60. The number of rotatable bonds is 5. The standard InChI is InChI=1S/C32H31F2N7O3S2/c1-31(42)14-40(7-8-43-15-31)28-24-21-12-37-11-20(18-3-4-22(34)26-23(18)19(10-35)27(36)45-26)25(21)46-29(24)39-30(38-28)44-16-32-5-2-6-41(32)13-17(33)9-32/h3-4,11-12,17,42H,2,5-9,13-16,36H2,1H3/t17-,31+,32+/m1/s1. The van der Waals surface area contributed by atoms with Crippen molar-refractivity contribution in [2.75, 3.05) is 56.6 Å². The molecular formula is C32H31F2N7O3S2. The van der Waals surface area contributed by atoms with E-state index >= 15 is 0 Å². The fraction of sp³-hybridized carbons (Fsp3) is 0.438. The van der Waals surface area contributed by atoms with Crippen LogP contribution in [0.5, 0.6) is 6.01 Å². The third-order valence-corrected chi connectivity index (χ3v) is 11.6. The Morgan fingerprint density at radius 3 is 2.91 bits per heavy atom. The van der Waals surface area contributed by atoms with Gasteiger partial charge in [0, 0.05) is 52.9 Å². The SMILES string of the molecule is C[C@@]1(O)COCCN(c2nc(OC[C@@]34CCCN3C[C@H](F)C4)nc3sc4c(-c5ccc(F)c6sc(N)c(C#N)c56)cncc4c23)C1. The minimum atomic E-state index is -1.13. The molecule has 0 bridgehead atoms. The Labute approximate surface area is 271 Å². The number of nitrogens with two attached hydrogens (primary N) is 1. The van der Waals surface area contributed by atoms with Crippen molar-refractivity contribution in [2.24, 2.45) is 0 Å². The summed E-state index contributed by atoms with van der Waals surface area (Å²) in [5, 5.41) is 23.2. The van der Waals surface area contributed by atoms with Crippen LogP contribution >= 0.6 is 22.7 Å². The number of aliphatic hydroxyl groups is 1. The number of pyridine rings is 1. The van der Waals surface area contributed by atoms with Crippen LogP contribution in [0.15, 0.2) is 24.5 Å². The van der Waals surface area contributed by atoms with Crippen LogP contribution in [-0.4, -0.2) is 88.3 Å². The zero-order chi connectivity index (χ0) is 31.8. The van der Waals surface area contributed by atoms with Crippen LogP contribution < -0.4 is 15.4 Å². The predicted molar refractivity (Wildman–Crippen MR) is 175 cm³/mol. The maximum absolute atomic E-state index is 14.9. The van der Waals surface area contributed by atoms with Gasteiger partial charge in [-0.2, -0.15) is 15.2 Å². The van der Waals surface area contributed by atoms with Crippen LogP contribution in [0.1, 0.15) is 31.7 Å². The summed E-state index contributed by atoms with van der Waals surface area (Å²) >= 11 is 2.47. The van der Waals surface area contributed by atoms with Crippen LogP contribution in [0.25, 0.3) is 41.5 Å². The molecule has 3 aliphatic rings. The van der Waals surface area contributed by atoms with E-state index in [1.807, 2.05) is 4.90 Å². The second-order valence-corrected chi connectivity index (χ2v) is 14.8. The molecule has 3 aliphatic heterocycles. The van der Waals surface area contributed by atoms with Gasteiger partial charge in [-0.3, -0.25) is 9.88 Å². The first kappa shape index (κ1) is 29.6. The molecule has 14 heteroatoms. The maximum atomic E-state index is 14.9. The largest absolute Gasteiger partial charge is 0.461 e. The molecule has 8 rings (SSSR count). The summed E-state index contributed by atoms with van der Waals surface area (Å²) in [6, 6.07) is 5.37. The number of nitriles is 1. The highest BCUT2D eigenvalue weighted by atomic mass is 32.1. The Morgan fingerprint density at radius 1 is 1.20 bits per heavy atom. The number of hydrogen-bond acceptors (Lipinski definition) is 12. The topological polar surface area (TPSA) is 134 Å². The summed E-state index contributed by atoms with van der Waals surface area (Å²) in [4.78, 5) is 19.2. The average Bonchev–Trinajstić information content (AvgIpc) is 3.73. The number of halogens is 2. The van der Waals surface area contributed by atoms with Crippen molar-refractivity contribution in [3.63, 3.8) is 0 Å². The number of nitrogen functional groups attached to an aromatic ring is 1. The molecule has 4 aromatic heterocycles. The van der Waals surface area contributed by atoms with E-state index in [9.17, 15) is 19.1 Å². The lowest BCUT2D eigenvalue weighted by Crippen LogP contribution is -2.43. The molecule has 0 radical (unpaired) electrons. The van der Waals surface area contributed by atoms with E-state index in [1.165, 1.54) is 17.4 Å². The van der Waals surface area contributed by atoms with Crippen molar-refractivity contribution < 1.29 is 23.4 Å². The van der Waals surface area contributed by atoms with Crippen LogP contribution in [0, 0.1) is 17.1 Å². The molecule has 1 aromatic carbocycles. The number of alkyl halides is 1. The van der Waals surface area contributed by atoms with Crippen LogP contribution in [0.3, 0.4) is 0 Å². The number of aromatic nitrogens is 3. The van der Waals surface area contributed by atoms with Crippen LogP contribution in [0.4, 0.5) is 19.6 Å². The van der Waals surface area contributed by atoms with Gasteiger partial charge in [0.25, 0.3) is 0 Å². The molecule has 3 fully saturated rings. The number of anilines is 2. The van der Waals surface area contributed by atoms with Gasteiger partial charge in [0.1, 0.15) is 45.9 Å². The molecule has 0 spiro atoms. The van der Waals surface area contributed by atoms with E-state index in [1.54, 1.807) is 25.4 Å².